The van der Waals surface area contributed by atoms with Crippen LogP contribution in [0.5, 0.6) is 0 Å². The summed E-state index contributed by atoms with van der Waals surface area (Å²) in [5.74, 6) is -0.00811. The van der Waals surface area contributed by atoms with Crippen LogP contribution in [-0.2, 0) is 14.3 Å². The van der Waals surface area contributed by atoms with Crippen LogP contribution in [0.1, 0.15) is 418 Å². The van der Waals surface area contributed by atoms with Crippen molar-refractivity contribution >= 4 is 11.9 Å². The Hall–Kier alpha value is -1.14. The number of ether oxygens (including phenoxy) is 1. The molecule has 6 heteroatoms. The quantitative estimate of drug-likeness (QED) is 0.0417. The smallest absolute Gasteiger partial charge is 0.305 e. The maximum Gasteiger partial charge on any atom is 0.305 e. The van der Waals surface area contributed by atoms with Crippen molar-refractivity contribution < 1.29 is 24.5 Å². The number of hydrogen-bond donors (Lipinski definition) is 3. The first kappa shape index (κ1) is 75.9. The normalized spacial score (nSPS) is 12.4. The lowest BCUT2D eigenvalue weighted by Gasteiger charge is -2.22. The molecule has 0 aliphatic rings. The number of aliphatic hydroxyl groups excluding tert-OH is 2. The summed E-state index contributed by atoms with van der Waals surface area (Å²) >= 11 is 0. The van der Waals surface area contributed by atoms with E-state index in [4.69, 9.17) is 4.74 Å². The highest BCUT2D eigenvalue weighted by Crippen LogP contribution is 2.20. The van der Waals surface area contributed by atoms with Gasteiger partial charge in [0, 0.05) is 12.8 Å². The van der Waals surface area contributed by atoms with Crippen molar-refractivity contribution in [3.63, 3.8) is 0 Å². The molecular weight excluding hydrogens is 947 g/mol. The summed E-state index contributed by atoms with van der Waals surface area (Å²) < 4.78 is 5.49. The molecule has 0 aromatic carbocycles. The van der Waals surface area contributed by atoms with E-state index in [9.17, 15) is 19.8 Å². The van der Waals surface area contributed by atoms with Gasteiger partial charge in [0.05, 0.1) is 25.4 Å². The third kappa shape index (κ3) is 63.9. The van der Waals surface area contributed by atoms with Gasteiger partial charge in [0.15, 0.2) is 0 Å². The molecule has 460 valence electrons. The number of amides is 1. The van der Waals surface area contributed by atoms with Gasteiger partial charge in [-0.15, -0.1) is 0 Å². The molecule has 0 heterocycles. The molecule has 0 aliphatic heterocycles. The fourth-order valence-electron chi connectivity index (χ4n) is 11.7. The average molecular weight is 1090 g/mol. The van der Waals surface area contributed by atoms with Gasteiger partial charge in [-0.1, -0.05) is 380 Å². The summed E-state index contributed by atoms with van der Waals surface area (Å²) in [5.41, 5.74) is 0. The third-order valence-electron chi connectivity index (χ3n) is 17.2. The number of unbranched alkanes of at least 4 members (excludes halogenated alkanes) is 57. The van der Waals surface area contributed by atoms with Gasteiger partial charge < -0.3 is 20.3 Å². The van der Waals surface area contributed by atoms with Crippen LogP contribution in [0.2, 0.25) is 0 Å². The molecule has 0 aromatic rings. The van der Waals surface area contributed by atoms with Crippen molar-refractivity contribution in [1.82, 2.24) is 5.32 Å². The van der Waals surface area contributed by atoms with Crippen molar-refractivity contribution in [3.8, 4) is 0 Å². The Kier molecular flexibility index (Phi) is 66.4. The van der Waals surface area contributed by atoms with Crippen LogP contribution in [0.3, 0.4) is 0 Å². The number of esters is 1. The van der Waals surface area contributed by atoms with Gasteiger partial charge >= 0.3 is 5.97 Å². The summed E-state index contributed by atoms with van der Waals surface area (Å²) in [6.45, 7) is 5.00. The van der Waals surface area contributed by atoms with Crippen LogP contribution >= 0.6 is 0 Å². The minimum Gasteiger partial charge on any atom is -0.466 e. The predicted molar refractivity (Wildman–Crippen MR) is 338 cm³/mol. The minimum absolute atomic E-state index is 0.0194. The fraction of sp³-hybridized carbons (Fsp3) is 0.972. The lowest BCUT2D eigenvalue weighted by Crippen LogP contribution is -2.45. The molecule has 3 N–H and O–H groups in total. The van der Waals surface area contributed by atoms with Crippen LogP contribution < -0.4 is 5.32 Å². The number of carbonyl (C=O) groups is 2. The van der Waals surface area contributed by atoms with E-state index < -0.39 is 12.1 Å². The molecule has 0 rings (SSSR count). The number of rotatable bonds is 68. The lowest BCUT2D eigenvalue weighted by molar-refractivity contribution is -0.143. The first-order chi connectivity index (χ1) is 38.0. The number of aliphatic hydroxyl groups is 2. The Morgan fingerprint density at radius 1 is 0.312 bits per heavy atom. The fourth-order valence-corrected chi connectivity index (χ4v) is 11.7. The summed E-state index contributed by atoms with van der Waals surface area (Å²) in [6, 6.07) is -0.540. The molecule has 0 saturated heterocycles. The summed E-state index contributed by atoms with van der Waals surface area (Å²) in [6.07, 6.45) is 81.5. The average Bonchev–Trinajstić information content (AvgIpc) is 3.43. The van der Waals surface area contributed by atoms with Crippen molar-refractivity contribution in [3.05, 3.63) is 0 Å². The third-order valence-corrected chi connectivity index (χ3v) is 17.2. The van der Waals surface area contributed by atoms with E-state index in [2.05, 4.69) is 19.2 Å². The van der Waals surface area contributed by atoms with E-state index in [1.54, 1.807) is 0 Å². The molecule has 6 nitrogen and oxygen atoms in total. The molecule has 0 bridgehead atoms. The molecule has 1 amide bonds. The Balaban J connectivity index is 3.35. The SMILES string of the molecule is CCCCCCCCCCCCCCCCCCCCCCCCC(O)C(CO)NC(=O)CCCCCCCCCCCCCCCCCCCCCCCCCCCOC(=O)CCCCCCCCCCCCCCC. The van der Waals surface area contributed by atoms with Crippen molar-refractivity contribution in [2.45, 2.75) is 431 Å². The van der Waals surface area contributed by atoms with Gasteiger partial charge in [-0.25, -0.2) is 0 Å². The standard InChI is InChI=1S/C71H141NO5/c1-3-5-7-9-11-13-15-17-18-19-20-21-27-30-33-36-40-43-47-51-55-59-63-69(74)68(67-73)72-70(75)64-60-56-52-48-44-41-37-34-31-28-25-23-22-24-26-29-32-35-38-42-46-50-54-58-62-66-77-71(76)65-61-57-53-49-45-39-16-14-12-10-8-6-4-2/h68-69,73-74H,3-67H2,1-2H3,(H,72,75). The van der Waals surface area contributed by atoms with E-state index in [1.807, 2.05) is 0 Å². The van der Waals surface area contributed by atoms with Crippen molar-refractivity contribution in [2.24, 2.45) is 0 Å². The zero-order valence-corrected chi connectivity index (χ0v) is 52.7. The van der Waals surface area contributed by atoms with Gasteiger partial charge in [0.25, 0.3) is 0 Å². The molecule has 0 saturated carbocycles. The van der Waals surface area contributed by atoms with Crippen molar-refractivity contribution in [1.29, 1.82) is 0 Å². The minimum atomic E-state index is -0.663. The number of carbonyl (C=O) groups excluding carboxylic acids is 2. The number of hydrogen-bond acceptors (Lipinski definition) is 5. The molecule has 2 atom stereocenters. The first-order valence-corrected chi connectivity index (χ1v) is 35.8. The van der Waals surface area contributed by atoms with Crippen LogP contribution in [0.15, 0.2) is 0 Å². The van der Waals surface area contributed by atoms with Crippen LogP contribution in [0.4, 0.5) is 0 Å². The first-order valence-electron chi connectivity index (χ1n) is 35.8. The molecule has 2 unspecified atom stereocenters. The zero-order chi connectivity index (χ0) is 55.7. The Morgan fingerprint density at radius 3 is 0.792 bits per heavy atom. The highest BCUT2D eigenvalue weighted by molar-refractivity contribution is 5.76. The largest absolute Gasteiger partial charge is 0.466 e. The molecule has 0 aliphatic carbocycles. The van der Waals surface area contributed by atoms with E-state index >= 15 is 0 Å². The van der Waals surface area contributed by atoms with Crippen molar-refractivity contribution in [2.75, 3.05) is 13.2 Å². The Labute approximate surface area is 483 Å². The van der Waals surface area contributed by atoms with Crippen LogP contribution in [0, 0.1) is 0 Å². The predicted octanol–water partition coefficient (Wildman–Crippen LogP) is 23.0. The molecule has 0 fully saturated rings. The van der Waals surface area contributed by atoms with Gasteiger partial charge in [-0.05, 0) is 25.7 Å². The van der Waals surface area contributed by atoms with E-state index in [1.165, 1.54) is 347 Å². The van der Waals surface area contributed by atoms with E-state index in [0.29, 0.717) is 25.9 Å². The Bertz CT molecular complexity index is 1120. The van der Waals surface area contributed by atoms with Gasteiger partial charge in [-0.2, -0.15) is 0 Å². The van der Waals surface area contributed by atoms with Crippen LogP contribution in [-0.4, -0.2) is 47.4 Å². The maximum absolute atomic E-state index is 12.6. The van der Waals surface area contributed by atoms with Gasteiger partial charge in [-0.3, -0.25) is 9.59 Å². The zero-order valence-electron chi connectivity index (χ0n) is 52.7. The summed E-state index contributed by atoms with van der Waals surface area (Å²) in [7, 11) is 0. The van der Waals surface area contributed by atoms with Gasteiger partial charge in [0.2, 0.25) is 5.91 Å². The van der Waals surface area contributed by atoms with E-state index in [-0.39, 0.29) is 18.5 Å². The topological polar surface area (TPSA) is 95.9 Å². The molecule has 0 spiro atoms. The second kappa shape index (κ2) is 67.4. The summed E-state index contributed by atoms with van der Waals surface area (Å²) in [5, 5.41) is 23.4. The molecule has 0 radical (unpaired) electrons. The molecule has 0 aromatic heterocycles. The molecule has 77 heavy (non-hydrogen) atoms. The Morgan fingerprint density at radius 2 is 0.532 bits per heavy atom. The lowest BCUT2D eigenvalue weighted by atomic mass is 10.0. The second-order valence-corrected chi connectivity index (χ2v) is 24.9. The van der Waals surface area contributed by atoms with E-state index in [0.717, 1.165) is 38.5 Å². The highest BCUT2D eigenvalue weighted by atomic mass is 16.5. The second-order valence-electron chi connectivity index (χ2n) is 24.9. The summed E-state index contributed by atoms with van der Waals surface area (Å²) in [4.78, 5) is 24.6. The van der Waals surface area contributed by atoms with Gasteiger partial charge in [0.1, 0.15) is 0 Å². The van der Waals surface area contributed by atoms with Crippen LogP contribution in [0.25, 0.3) is 0 Å². The maximum atomic E-state index is 12.6. The highest BCUT2D eigenvalue weighted by Gasteiger charge is 2.20. The monoisotopic (exact) mass is 1090 g/mol. The number of nitrogens with one attached hydrogen (secondary N) is 1. The molecular formula is C71H141NO5.